The molecule has 0 radical (unpaired) electrons. The van der Waals surface area contributed by atoms with Gasteiger partial charge in [-0.15, -0.1) is 0 Å². The van der Waals surface area contributed by atoms with Crippen LogP contribution in [0.2, 0.25) is 0 Å². The molecule has 0 saturated carbocycles. The molecule has 0 aliphatic carbocycles. The molecular weight excluding hydrogens is 335 g/mol. The van der Waals surface area contributed by atoms with Crippen LogP contribution in [0.4, 0.5) is 0 Å². The van der Waals surface area contributed by atoms with Gasteiger partial charge in [0.25, 0.3) is 5.78 Å². The van der Waals surface area contributed by atoms with Crippen LogP contribution in [0.1, 0.15) is 20.7 Å². The van der Waals surface area contributed by atoms with Crippen LogP contribution >= 0.6 is 0 Å². The predicted molar refractivity (Wildman–Crippen MR) is 67.6 cm³/mol. The Labute approximate surface area is 134 Å². The second kappa shape index (κ2) is 7.66. The number of ether oxygens (including phenoxy) is 1. The molecule has 20 heavy (non-hydrogen) atoms. The fourth-order valence-electron chi connectivity index (χ4n) is 1.47. The molecule has 0 aliphatic rings. The van der Waals surface area contributed by atoms with Gasteiger partial charge in [0.15, 0.2) is 0 Å². The largest absolute Gasteiger partial charge is 0.387 e. The standard InChI is InChI=1S/C15H10O4.Zr/c16-13(11-7-3-1-4-8-11)15(18)19-14(17)12-9-5-2-6-10-12;/h1-10H;. The summed E-state index contributed by atoms with van der Waals surface area (Å²) in [6.07, 6.45) is 0. The maximum Gasteiger partial charge on any atom is 0.387 e. The maximum atomic E-state index is 11.7. The number of hydrogen-bond acceptors (Lipinski definition) is 4. The molecule has 0 spiro atoms. The Kier molecular flexibility index (Phi) is 6.20. The van der Waals surface area contributed by atoms with Crippen LogP contribution in [-0.4, -0.2) is 17.7 Å². The summed E-state index contributed by atoms with van der Waals surface area (Å²) in [4.78, 5) is 34.8. The smallest absolute Gasteiger partial charge is 0.383 e. The van der Waals surface area contributed by atoms with Crippen LogP contribution in [0.5, 0.6) is 0 Å². The van der Waals surface area contributed by atoms with Gasteiger partial charge < -0.3 is 4.74 Å². The van der Waals surface area contributed by atoms with Crippen molar-refractivity contribution in [2.45, 2.75) is 0 Å². The molecule has 2 aromatic rings. The molecule has 0 unspecified atom stereocenters. The van der Waals surface area contributed by atoms with Gasteiger partial charge in [0.2, 0.25) is 0 Å². The number of rotatable bonds is 3. The molecule has 0 atom stereocenters. The van der Waals surface area contributed by atoms with Crippen molar-refractivity contribution in [1.82, 2.24) is 0 Å². The van der Waals surface area contributed by atoms with Gasteiger partial charge >= 0.3 is 11.9 Å². The Morgan fingerprint density at radius 2 is 1.15 bits per heavy atom. The van der Waals surface area contributed by atoms with Gasteiger partial charge in [-0.3, -0.25) is 4.79 Å². The van der Waals surface area contributed by atoms with E-state index in [2.05, 4.69) is 4.74 Å². The van der Waals surface area contributed by atoms with Crippen molar-refractivity contribution in [3.8, 4) is 0 Å². The van der Waals surface area contributed by atoms with E-state index in [1.54, 1.807) is 36.4 Å². The number of benzene rings is 2. The molecule has 0 N–H and O–H groups in total. The Balaban J connectivity index is 0.00000200. The van der Waals surface area contributed by atoms with Crippen LogP contribution in [0, 0.1) is 0 Å². The average Bonchev–Trinajstić information content (AvgIpc) is 2.48. The summed E-state index contributed by atoms with van der Waals surface area (Å²) < 4.78 is 4.53. The first-order valence-corrected chi connectivity index (χ1v) is 5.59. The molecule has 0 saturated heterocycles. The van der Waals surface area contributed by atoms with Crippen molar-refractivity contribution in [1.29, 1.82) is 0 Å². The summed E-state index contributed by atoms with van der Waals surface area (Å²) in [5.41, 5.74) is 0.407. The molecule has 0 bridgehead atoms. The Morgan fingerprint density at radius 3 is 1.65 bits per heavy atom. The third kappa shape index (κ3) is 4.07. The third-order valence-corrected chi connectivity index (χ3v) is 2.42. The summed E-state index contributed by atoms with van der Waals surface area (Å²) in [6, 6.07) is 15.9. The zero-order chi connectivity index (χ0) is 13.7. The number of ketones is 1. The second-order valence-corrected chi connectivity index (χ2v) is 3.74. The number of carbonyl (C=O) groups excluding carboxylic acids is 3. The van der Waals surface area contributed by atoms with E-state index in [-0.39, 0.29) is 37.3 Å². The quantitative estimate of drug-likeness (QED) is 0.370. The molecule has 2 rings (SSSR count). The molecule has 98 valence electrons. The topological polar surface area (TPSA) is 60.4 Å². The fourth-order valence-corrected chi connectivity index (χ4v) is 1.47. The van der Waals surface area contributed by atoms with E-state index in [9.17, 15) is 14.4 Å². The van der Waals surface area contributed by atoms with Crippen LogP contribution < -0.4 is 0 Å². The predicted octanol–water partition coefficient (Wildman–Crippen LogP) is 2.25. The second-order valence-electron chi connectivity index (χ2n) is 3.74. The van der Waals surface area contributed by atoms with Gasteiger partial charge in [-0.25, -0.2) is 9.59 Å². The number of hydrogen-bond donors (Lipinski definition) is 0. The van der Waals surface area contributed by atoms with Crippen molar-refractivity contribution >= 4 is 17.7 Å². The Morgan fingerprint density at radius 1 is 0.700 bits per heavy atom. The summed E-state index contributed by atoms with van der Waals surface area (Å²) in [6.45, 7) is 0. The summed E-state index contributed by atoms with van der Waals surface area (Å²) >= 11 is 0. The minimum Gasteiger partial charge on any atom is -0.383 e. The van der Waals surface area contributed by atoms with Gasteiger partial charge in [-0.1, -0.05) is 48.5 Å². The fraction of sp³-hybridized carbons (Fsp3) is 0. The summed E-state index contributed by atoms with van der Waals surface area (Å²) in [7, 11) is 0. The molecule has 2 aromatic carbocycles. The minimum atomic E-state index is -1.18. The normalized spacial score (nSPS) is 9.20. The van der Waals surface area contributed by atoms with Gasteiger partial charge in [-0.05, 0) is 12.1 Å². The molecule has 4 nitrogen and oxygen atoms in total. The maximum absolute atomic E-state index is 11.7. The van der Waals surface area contributed by atoms with Gasteiger partial charge in [0.05, 0.1) is 5.56 Å². The van der Waals surface area contributed by atoms with E-state index < -0.39 is 17.7 Å². The van der Waals surface area contributed by atoms with Crippen molar-refractivity contribution in [3.63, 3.8) is 0 Å². The molecule has 0 aliphatic heterocycles. The summed E-state index contributed by atoms with van der Waals surface area (Å²) in [5, 5.41) is 0. The van der Waals surface area contributed by atoms with Crippen LogP contribution in [0.25, 0.3) is 0 Å². The zero-order valence-electron chi connectivity index (χ0n) is 10.4. The Bertz CT molecular complexity index is 608. The average molecular weight is 345 g/mol. The van der Waals surface area contributed by atoms with Gasteiger partial charge in [0.1, 0.15) is 0 Å². The molecule has 5 heteroatoms. The zero-order valence-corrected chi connectivity index (χ0v) is 12.9. The van der Waals surface area contributed by atoms with E-state index >= 15 is 0 Å². The van der Waals surface area contributed by atoms with Crippen molar-refractivity contribution in [2.75, 3.05) is 0 Å². The van der Waals surface area contributed by atoms with Crippen LogP contribution in [-0.2, 0) is 35.7 Å². The minimum absolute atomic E-state index is 0. The SMILES string of the molecule is O=C(OC(=O)c1ccccc1)C(=O)c1ccccc1.[Zr]. The number of carbonyl (C=O) groups is 3. The number of esters is 2. The van der Waals surface area contributed by atoms with Gasteiger partial charge in [-0.2, -0.15) is 0 Å². The van der Waals surface area contributed by atoms with E-state index in [1.165, 1.54) is 24.3 Å². The molecule has 0 aromatic heterocycles. The van der Waals surface area contributed by atoms with Crippen molar-refractivity contribution in [3.05, 3.63) is 71.8 Å². The molecule has 0 heterocycles. The first-order chi connectivity index (χ1) is 9.18. The van der Waals surface area contributed by atoms with Crippen molar-refractivity contribution in [2.24, 2.45) is 0 Å². The monoisotopic (exact) mass is 344 g/mol. The summed E-state index contributed by atoms with van der Waals surface area (Å²) in [5.74, 6) is -2.86. The van der Waals surface area contributed by atoms with Gasteiger partial charge in [0, 0.05) is 31.8 Å². The van der Waals surface area contributed by atoms with Crippen molar-refractivity contribution < 1.29 is 45.3 Å². The van der Waals surface area contributed by atoms with Crippen LogP contribution in [0.3, 0.4) is 0 Å². The molecular formula is C15H10O4Zr. The van der Waals surface area contributed by atoms with E-state index in [0.29, 0.717) is 0 Å². The van der Waals surface area contributed by atoms with E-state index in [1.807, 2.05) is 0 Å². The van der Waals surface area contributed by atoms with Crippen LogP contribution in [0.15, 0.2) is 60.7 Å². The van der Waals surface area contributed by atoms with E-state index in [0.717, 1.165) is 0 Å². The van der Waals surface area contributed by atoms with E-state index in [4.69, 9.17) is 0 Å². The first kappa shape index (κ1) is 16.2. The first-order valence-electron chi connectivity index (χ1n) is 5.59. The third-order valence-electron chi connectivity index (χ3n) is 2.42. The Hall–Kier alpha value is -1.87. The molecule has 0 fully saturated rings. The molecule has 0 amide bonds. The number of Topliss-reactive ketones (excluding diaryl/α,β-unsaturated/α-hetero) is 1.